The van der Waals surface area contributed by atoms with E-state index in [1.807, 2.05) is 20.1 Å². The zero-order chi connectivity index (χ0) is 9.28. The van der Waals surface area contributed by atoms with Crippen molar-refractivity contribution in [2.24, 2.45) is 5.73 Å². The molecule has 0 aromatic carbocycles. The van der Waals surface area contributed by atoms with Gasteiger partial charge in [-0.05, 0) is 12.3 Å². The molecule has 0 aliphatic heterocycles. The maximum absolute atomic E-state index is 5.51. The highest BCUT2D eigenvalue weighted by atomic mass is 32.2. The fraction of sp³-hybridized carbons (Fsp3) is 0.333. The third kappa shape index (κ3) is 5.80. The molecule has 2 heteroatoms. The molecule has 0 amide bonds. The highest BCUT2D eigenvalue weighted by molar-refractivity contribution is 8.02. The van der Waals surface area contributed by atoms with Gasteiger partial charge in [0.15, 0.2) is 0 Å². The van der Waals surface area contributed by atoms with Crippen molar-refractivity contribution in [1.29, 1.82) is 0 Å². The van der Waals surface area contributed by atoms with Crippen molar-refractivity contribution < 1.29 is 0 Å². The Balaban J connectivity index is 0. The summed E-state index contributed by atoms with van der Waals surface area (Å²) in [5.74, 6) is 0. The maximum atomic E-state index is 5.51. The van der Waals surface area contributed by atoms with E-state index in [1.165, 1.54) is 0 Å². The third-order valence-electron chi connectivity index (χ3n) is 0.910. The maximum Gasteiger partial charge on any atom is 0.0445 e. The van der Waals surface area contributed by atoms with Crippen LogP contribution in [0.4, 0.5) is 0 Å². The molecule has 11 heavy (non-hydrogen) atoms. The summed E-state index contributed by atoms with van der Waals surface area (Å²) in [6.45, 7) is 11.1. The Morgan fingerprint density at radius 3 is 1.82 bits per heavy atom. The lowest BCUT2D eigenvalue weighted by molar-refractivity contribution is 1.42. The van der Waals surface area contributed by atoms with E-state index in [-0.39, 0.29) is 0 Å². The molecule has 0 saturated heterocycles. The fourth-order valence-electron chi connectivity index (χ4n) is 0.420. The van der Waals surface area contributed by atoms with Crippen molar-refractivity contribution in [2.75, 3.05) is 6.26 Å². The van der Waals surface area contributed by atoms with Gasteiger partial charge in [0.2, 0.25) is 0 Å². The SMILES string of the molecule is C=C/C(N)=C(\C=C)SC.CC. The van der Waals surface area contributed by atoms with E-state index in [0.29, 0.717) is 5.70 Å². The molecule has 0 rings (SSSR count). The first-order chi connectivity index (χ1) is 5.26. The molecule has 1 nitrogen and oxygen atoms in total. The summed E-state index contributed by atoms with van der Waals surface area (Å²) in [5.41, 5.74) is 6.20. The van der Waals surface area contributed by atoms with Crippen LogP contribution in [-0.2, 0) is 0 Å². The van der Waals surface area contributed by atoms with Crippen LogP contribution in [0.5, 0.6) is 0 Å². The van der Waals surface area contributed by atoms with Gasteiger partial charge in [-0.25, -0.2) is 0 Å². The Hall–Kier alpha value is -0.630. The van der Waals surface area contributed by atoms with Crippen LogP contribution in [0.15, 0.2) is 35.9 Å². The second kappa shape index (κ2) is 9.37. The molecule has 0 atom stereocenters. The van der Waals surface area contributed by atoms with Crippen LogP contribution in [0.25, 0.3) is 0 Å². The standard InChI is InChI=1S/C7H11NS.C2H6/c1-4-6(8)7(5-2)9-3;1-2/h4-5H,1-2,8H2,3H3;1-2H3/b7-6-;. The van der Waals surface area contributed by atoms with Gasteiger partial charge < -0.3 is 5.73 Å². The average molecular weight is 171 g/mol. The molecule has 2 N–H and O–H groups in total. The van der Waals surface area contributed by atoms with Crippen LogP contribution in [0.1, 0.15) is 13.8 Å². The summed E-state index contributed by atoms with van der Waals surface area (Å²) in [6.07, 6.45) is 5.29. The first kappa shape index (κ1) is 13.0. The number of rotatable bonds is 3. The Morgan fingerprint density at radius 2 is 1.73 bits per heavy atom. The van der Waals surface area contributed by atoms with Crippen molar-refractivity contribution >= 4 is 11.8 Å². The first-order valence-corrected chi connectivity index (χ1v) is 4.77. The molecule has 0 bridgehead atoms. The van der Waals surface area contributed by atoms with Gasteiger partial charge >= 0.3 is 0 Å². The summed E-state index contributed by atoms with van der Waals surface area (Å²) in [7, 11) is 0. The summed E-state index contributed by atoms with van der Waals surface area (Å²) >= 11 is 1.57. The molecule has 0 aliphatic carbocycles. The van der Waals surface area contributed by atoms with Gasteiger partial charge in [0, 0.05) is 10.6 Å². The van der Waals surface area contributed by atoms with Gasteiger partial charge in [-0.2, -0.15) is 0 Å². The summed E-state index contributed by atoms with van der Waals surface area (Å²) < 4.78 is 0. The monoisotopic (exact) mass is 171 g/mol. The van der Waals surface area contributed by atoms with E-state index in [0.717, 1.165) is 4.91 Å². The van der Waals surface area contributed by atoms with Gasteiger partial charge in [-0.3, -0.25) is 0 Å². The highest BCUT2D eigenvalue weighted by Crippen LogP contribution is 2.14. The highest BCUT2D eigenvalue weighted by Gasteiger charge is 1.90. The van der Waals surface area contributed by atoms with Crippen LogP contribution in [0.3, 0.4) is 0 Å². The number of thioether (sulfide) groups is 1. The first-order valence-electron chi connectivity index (χ1n) is 3.54. The van der Waals surface area contributed by atoms with Crippen molar-refractivity contribution in [3.63, 3.8) is 0 Å². The molecular weight excluding hydrogens is 154 g/mol. The van der Waals surface area contributed by atoms with Crippen LogP contribution < -0.4 is 5.73 Å². The largest absolute Gasteiger partial charge is 0.398 e. The number of hydrogen-bond acceptors (Lipinski definition) is 2. The molecule has 0 spiro atoms. The number of hydrogen-bond donors (Lipinski definition) is 1. The van der Waals surface area contributed by atoms with E-state index < -0.39 is 0 Å². The zero-order valence-corrected chi connectivity index (χ0v) is 8.37. The van der Waals surface area contributed by atoms with Gasteiger partial charge in [-0.1, -0.05) is 33.1 Å². The van der Waals surface area contributed by atoms with Gasteiger partial charge in [-0.15, -0.1) is 11.8 Å². The molecule has 0 unspecified atom stereocenters. The van der Waals surface area contributed by atoms with Crippen molar-refractivity contribution in [3.05, 3.63) is 35.9 Å². The van der Waals surface area contributed by atoms with Crippen molar-refractivity contribution in [3.8, 4) is 0 Å². The topological polar surface area (TPSA) is 26.0 Å². The summed E-state index contributed by atoms with van der Waals surface area (Å²) in [4.78, 5) is 0.977. The molecule has 0 aromatic heterocycles. The van der Waals surface area contributed by atoms with Gasteiger partial charge in [0.25, 0.3) is 0 Å². The van der Waals surface area contributed by atoms with Gasteiger partial charge in [0.05, 0.1) is 0 Å². The number of nitrogens with two attached hydrogens (primary N) is 1. The predicted octanol–water partition coefficient (Wildman–Crippen LogP) is 2.92. The van der Waals surface area contributed by atoms with Crippen molar-refractivity contribution in [1.82, 2.24) is 0 Å². The van der Waals surface area contributed by atoms with E-state index in [2.05, 4.69) is 13.2 Å². The van der Waals surface area contributed by atoms with E-state index in [9.17, 15) is 0 Å². The quantitative estimate of drug-likeness (QED) is 0.661. The molecule has 0 heterocycles. The third-order valence-corrected chi connectivity index (χ3v) is 1.75. The average Bonchev–Trinajstić information content (AvgIpc) is 2.10. The molecule has 0 fully saturated rings. The van der Waals surface area contributed by atoms with Crippen LogP contribution >= 0.6 is 11.8 Å². The van der Waals surface area contributed by atoms with E-state index >= 15 is 0 Å². The summed E-state index contributed by atoms with van der Waals surface area (Å²) in [5, 5.41) is 0. The lowest BCUT2D eigenvalue weighted by Crippen LogP contribution is -1.94. The Kier molecular flexibility index (Phi) is 11.1. The second-order valence-electron chi connectivity index (χ2n) is 1.43. The van der Waals surface area contributed by atoms with Crippen LogP contribution in [0.2, 0.25) is 0 Å². The van der Waals surface area contributed by atoms with E-state index in [1.54, 1.807) is 23.9 Å². The predicted molar refractivity (Wildman–Crippen MR) is 56.5 cm³/mol. The summed E-state index contributed by atoms with van der Waals surface area (Å²) in [6, 6.07) is 0. The molecule has 0 aromatic rings. The zero-order valence-electron chi connectivity index (χ0n) is 7.55. The van der Waals surface area contributed by atoms with Crippen molar-refractivity contribution in [2.45, 2.75) is 13.8 Å². The second-order valence-corrected chi connectivity index (χ2v) is 2.28. The molecule has 0 radical (unpaired) electrons. The molecular formula is C9H17NS. The number of allylic oxidation sites excluding steroid dienone is 2. The van der Waals surface area contributed by atoms with Crippen LogP contribution in [-0.4, -0.2) is 6.26 Å². The minimum absolute atomic E-state index is 0.692. The molecule has 64 valence electrons. The normalized spacial score (nSPS) is 10.5. The lowest BCUT2D eigenvalue weighted by Gasteiger charge is -1.97. The fourth-order valence-corrected chi connectivity index (χ4v) is 0.905. The van der Waals surface area contributed by atoms with Crippen LogP contribution in [0, 0.1) is 0 Å². The minimum atomic E-state index is 0.692. The Bertz CT molecular complexity index is 148. The smallest absolute Gasteiger partial charge is 0.0445 e. The van der Waals surface area contributed by atoms with E-state index in [4.69, 9.17) is 5.73 Å². The van der Waals surface area contributed by atoms with Gasteiger partial charge in [0.1, 0.15) is 0 Å². The molecule has 0 aliphatic rings. The minimum Gasteiger partial charge on any atom is -0.398 e. The lowest BCUT2D eigenvalue weighted by atomic mass is 10.4. The Labute approximate surface area is 74.1 Å². The molecule has 0 saturated carbocycles. The Morgan fingerprint density at radius 1 is 1.27 bits per heavy atom.